The van der Waals surface area contributed by atoms with E-state index in [1.165, 1.54) is 10.5 Å². The summed E-state index contributed by atoms with van der Waals surface area (Å²) >= 11 is 0. The van der Waals surface area contributed by atoms with Gasteiger partial charge in [0.25, 0.3) is 5.91 Å². The number of ether oxygens (including phenoxy) is 2. The highest BCUT2D eigenvalue weighted by molar-refractivity contribution is 6.07. The number of hydrogen-bond acceptors (Lipinski definition) is 5. The molecule has 2 aliphatic heterocycles. The van der Waals surface area contributed by atoms with Crippen molar-refractivity contribution >= 4 is 11.9 Å². The number of carbonyl (C=O) groups is 2. The molecular weight excluding hydrogens is 454 g/mol. The van der Waals surface area contributed by atoms with Gasteiger partial charge in [-0.3, -0.25) is 9.69 Å². The van der Waals surface area contributed by atoms with Crippen molar-refractivity contribution in [2.45, 2.75) is 58.2 Å². The Labute approximate surface area is 215 Å². The fraction of sp³-hybridized carbons (Fsp3) is 0.517. The third kappa shape index (κ3) is 5.21. The number of likely N-dealkylation sites (tertiary alicyclic amines) is 1. The van der Waals surface area contributed by atoms with Crippen molar-refractivity contribution in [1.82, 2.24) is 14.7 Å². The highest BCUT2D eigenvalue weighted by Gasteiger charge is 2.57. The zero-order valence-corrected chi connectivity index (χ0v) is 22.2. The van der Waals surface area contributed by atoms with Crippen LogP contribution in [0, 0.1) is 5.92 Å². The number of benzene rings is 2. The highest BCUT2D eigenvalue weighted by atomic mass is 16.5. The van der Waals surface area contributed by atoms with Gasteiger partial charge in [-0.25, -0.2) is 4.79 Å². The van der Waals surface area contributed by atoms with E-state index in [1.807, 2.05) is 41.3 Å². The Hall–Kier alpha value is -3.06. The van der Waals surface area contributed by atoms with E-state index >= 15 is 0 Å². The third-order valence-electron chi connectivity index (χ3n) is 7.58. The molecule has 1 atom stereocenters. The van der Waals surface area contributed by atoms with Gasteiger partial charge in [0.1, 0.15) is 17.0 Å². The normalized spacial score (nSPS) is 18.8. The zero-order valence-electron chi connectivity index (χ0n) is 22.2. The van der Waals surface area contributed by atoms with E-state index in [2.05, 4.69) is 37.8 Å². The molecule has 2 fully saturated rings. The molecule has 1 spiro atoms. The highest BCUT2D eigenvalue weighted by Crippen LogP contribution is 2.39. The molecule has 0 N–H and O–H groups in total. The second kappa shape index (κ2) is 10.9. The van der Waals surface area contributed by atoms with Crippen LogP contribution in [0.3, 0.4) is 0 Å². The number of imide groups is 1. The Balaban J connectivity index is 1.48. The maximum atomic E-state index is 13.9. The van der Waals surface area contributed by atoms with Gasteiger partial charge in [0.2, 0.25) is 0 Å². The molecule has 2 aromatic carbocycles. The molecule has 2 heterocycles. The van der Waals surface area contributed by atoms with Crippen molar-refractivity contribution in [2.24, 2.45) is 5.92 Å². The van der Waals surface area contributed by atoms with Crippen molar-refractivity contribution in [3.05, 3.63) is 59.7 Å². The van der Waals surface area contributed by atoms with Gasteiger partial charge in [-0.2, -0.15) is 0 Å². The smallest absolute Gasteiger partial charge is 0.327 e. The molecule has 36 heavy (non-hydrogen) atoms. The fourth-order valence-corrected chi connectivity index (χ4v) is 5.54. The van der Waals surface area contributed by atoms with E-state index in [9.17, 15) is 9.59 Å². The number of rotatable bonds is 9. The molecule has 2 saturated heterocycles. The number of carbonyl (C=O) groups excluding carboxylic acids is 2. The van der Waals surface area contributed by atoms with Gasteiger partial charge in [0, 0.05) is 25.7 Å². The van der Waals surface area contributed by atoms with Gasteiger partial charge < -0.3 is 19.3 Å². The lowest BCUT2D eigenvalue weighted by atomic mass is 9.84. The second-order valence-corrected chi connectivity index (χ2v) is 10.5. The molecule has 0 saturated carbocycles. The molecule has 0 radical (unpaired) electrons. The molecule has 7 nitrogen and oxygen atoms in total. The summed E-state index contributed by atoms with van der Waals surface area (Å²) in [5.41, 5.74) is 1.41. The number of urea groups is 1. The van der Waals surface area contributed by atoms with Crippen LogP contribution in [0.4, 0.5) is 4.79 Å². The average Bonchev–Trinajstić information content (AvgIpc) is 3.06. The van der Waals surface area contributed by atoms with Crippen molar-refractivity contribution in [1.29, 1.82) is 0 Å². The summed E-state index contributed by atoms with van der Waals surface area (Å²) in [5.74, 6) is 1.86. The molecule has 0 bridgehead atoms. The van der Waals surface area contributed by atoms with Crippen molar-refractivity contribution in [3.8, 4) is 11.5 Å². The van der Waals surface area contributed by atoms with Crippen LogP contribution in [0.15, 0.2) is 48.5 Å². The summed E-state index contributed by atoms with van der Waals surface area (Å²) in [6.45, 7) is 8.88. The predicted octanol–water partition coefficient (Wildman–Crippen LogP) is 4.59. The number of hydrogen-bond donors (Lipinski definition) is 0. The Morgan fingerprint density at radius 1 is 0.889 bits per heavy atom. The minimum Gasteiger partial charge on any atom is -0.497 e. The Morgan fingerprint density at radius 3 is 2.17 bits per heavy atom. The maximum absolute atomic E-state index is 13.9. The molecule has 194 valence electrons. The van der Waals surface area contributed by atoms with Crippen LogP contribution in [0.25, 0.3) is 0 Å². The van der Waals surface area contributed by atoms with Crippen LogP contribution in [-0.4, -0.2) is 72.1 Å². The van der Waals surface area contributed by atoms with E-state index in [1.54, 1.807) is 14.2 Å². The van der Waals surface area contributed by atoms with Crippen molar-refractivity contribution in [3.63, 3.8) is 0 Å². The van der Waals surface area contributed by atoms with E-state index in [4.69, 9.17) is 9.47 Å². The molecular formula is C29H39N3O4. The first-order chi connectivity index (χ1) is 17.3. The lowest BCUT2D eigenvalue weighted by Gasteiger charge is -2.44. The largest absolute Gasteiger partial charge is 0.497 e. The van der Waals surface area contributed by atoms with Gasteiger partial charge >= 0.3 is 6.03 Å². The Morgan fingerprint density at radius 2 is 1.56 bits per heavy atom. The number of amides is 3. The van der Waals surface area contributed by atoms with Crippen LogP contribution in [0.2, 0.25) is 0 Å². The minimum absolute atomic E-state index is 0.0518. The van der Waals surface area contributed by atoms with Crippen LogP contribution < -0.4 is 9.47 Å². The first-order valence-electron chi connectivity index (χ1n) is 12.9. The van der Waals surface area contributed by atoms with Gasteiger partial charge in [-0.05, 0) is 67.5 Å². The molecule has 2 aliphatic rings. The number of nitrogens with zero attached hydrogens (tertiary/aromatic N) is 3. The zero-order chi connectivity index (χ0) is 25.9. The third-order valence-corrected chi connectivity index (χ3v) is 7.58. The Kier molecular flexibility index (Phi) is 7.88. The Bertz CT molecular complexity index is 1060. The standard InChI is InChI=1S/C29H39N3O4/c1-21(2)19-32-28(34)31(20-23-9-11-25(35-4)12-10-23)27(33)29(32)13-15-30(16-14-29)22(3)17-24-7-6-8-26(18-24)36-5/h6-12,18,21-22H,13-17,19-20H2,1-5H3/t22-/m0/s1. The SMILES string of the molecule is COc1ccc(CN2C(=O)N(CC(C)C)C3(CCN([C@@H](C)Cc4cccc(OC)c4)CC3)C2=O)cc1. The van der Waals surface area contributed by atoms with E-state index in [0.717, 1.165) is 36.6 Å². The lowest BCUT2D eigenvalue weighted by molar-refractivity contribution is -0.136. The van der Waals surface area contributed by atoms with E-state index in [-0.39, 0.29) is 24.4 Å². The molecule has 2 aromatic rings. The van der Waals surface area contributed by atoms with Gasteiger partial charge in [0.15, 0.2) is 0 Å². The number of piperidine rings is 1. The second-order valence-electron chi connectivity index (χ2n) is 10.5. The molecule has 7 heteroatoms. The van der Waals surface area contributed by atoms with Crippen LogP contribution in [0.5, 0.6) is 11.5 Å². The molecule has 0 aliphatic carbocycles. The molecule has 0 aromatic heterocycles. The van der Waals surface area contributed by atoms with E-state index < -0.39 is 5.54 Å². The first kappa shape index (κ1) is 26.0. The van der Waals surface area contributed by atoms with Crippen LogP contribution in [0.1, 0.15) is 44.7 Å². The molecule has 3 amide bonds. The van der Waals surface area contributed by atoms with Gasteiger partial charge in [-0.1, -0.05) is 38.1 Å². The van der Waals surface area contributed by atoms with Crippen LogP contribution in [-0.2, 0) is 17.8 Å². The first-order valence-corrected chi connectivity index (χ1v) is 12.9. The summed E-state index contributed by atoms with van der Waals surface area (Å²) in [5, 5.41) is 0. The van der Waals surface area contributed by atoms with Crippen LogP contribution >= 0.6 is 0 Å². The van der Waals surface area contributed by atoms with E-state index in [0.29, 0.717) is 25.4 Å². The summed E-state index contributed by atoms with van der Waals surface area (Å²) in [4.78, 5) is 33.2. The summed E-state index contributed by atoms with van der Waals surface area (Å²) in [7, 11) is 3.31. The topological polar surface area (TPSA) is 62.3 Å². The van der Waals surface area contributed by atoms with Gasteiger partial charge in [-0.15, -0.1) is 0 Å². The maximum Gasteiger partial charge on any atom is 0.327 e. The summed E-state index contributed by atoms with van der Waals surface area (Å²) in [6.07, 6.45) is 2.23. The minimum atomic E-state index is -0.750. The summed E-state index contributed by atoms with van der Waals surface area (Å²) < 4.78 is 10.6. The fourth-order valence-electron chi connectivity index (χ4n) is 5.54. The predicted molar refractivity (Wildman–Crippen MR) is 140 cm³/mol. The van der Waals surface area contributed by atoms with Crippen molar-refractivity contribution in [2.75, 3.05) is 33.9 Å². The lowest BCUT2D eigenvalue weighted by Crippen LogP contribution is -2.58. The number of methoxy groups -OCH3 is 2. The monoisotopic (exact) mass is 493 g/mol. The average molecular weight is 494 g/mol. The van der Waals surface area contributed by atoms with Crippen molar-refractivity contribution < 1.29 is 19.1 Å². The van der Waals surface area contributed by atoms with Gasteiger partial charge in [0.05, 0.1) is 20.8 Å². The summed E-state index contributed by atoms with van der Waals surface area (Å²) in [6, 6.07) is 15.9. The quantitative estimate of drug-likeness (QED) is 0.478. The molecule has 0 unspecified atom stereocenters. The molecule has 4 rings (SSSR count).